The van der Waals surface area contributed by atoms with Crippen LogP contribution in [0.15, 0.2) is 35.9 Å². The third kappa shape index (κ3) is 2.95. The van der Waals surface area contributed by atoms with E-state index in [1.807, 2.05) is 0 Å². The molecule has 17 heavy (non-hydrogen) atoms. The zero-order chi connectivity index (χ0) is 12.3. The highest BCUT2D eigenvalue weighted by molar-refractivity contribution is 6.33. The number of benzene rings is 1. The van der Waals surface area contributed by atoms with Gasteiger partial charge in [0, 0.05) is 10.0 Å². The largest absolute Gasteiger partial charge is 0.409 e. The van der Waals surface area contributed by atoms with Crippen molar-refractivity contribution in [3.05, 3.63) is 51.8 Å². The van der Waals surface area contributed by atoms with Gasteiger partial charge >= 0.3 is 0 Å². The van der Waals surface area contributed by atoms with Gasteiger partial charge in [0.25, 0.3) is 0 Å². The van der Waals surface area contributed by atoms with Gasteiger partial charge in [-0.05, 0) is 23.8 Å². The molecule has 5 nitrogen and oxygen atoms in total. The highest BCUT2D eigenvalue weighted by Gasteiger charge is 2.02. The summed E-state index contributed by atoms with van der Waals surface area (Å²) < 4.78 is 1.56. The molecule has 0 aliphatic heterocycles. The molecular weight excluding hydrogens is 263 g/mol. The quantitative estimate of drug-likeness (QED) is 0.670. The number of halogens is 2. The van der Waals surface area contributed by atoms with Gasteiger partial charge < -0.3 is 5.21 Å². The van der Waals surface area contributed by atoms with Crippen LogP contribution in [0.5, 0.6) is 0 Å². The number of hydrogen-bond acceptors (Lipinski definition) is 4. The molecule has 0 spiro atoms. The van der Waals surface area contributed by atoms with Gasteiger partial charge in [-0.25, -0.2) is 9.67 Å². The van der Waals surface area contributed by atoms with E-state index < -0.39 is 0 Å². The van der Waals surface area contributed by atoms with Crippen LogP contribution >= 0.6 is 23.2 Å². The Morgan fingerprint density at radius 2 is 2.18 bits per heavy atom. The molecule has 0 aliphatic rings. The van der Waals surface area contributed by atoms with Gasteiger partial charge in [-0.1, -0.05) is 28.4 Å². The van der Waals surface area contributed by atoms with Crippen molar-refractivity contribution in [1.82, 2.24) is 14.8 Å². The summed E-state index contributed by atoms with van der Waals surface area (Å²) in [7, 11) is 0. The number of aromatic nitrogens is 3. The Labute approximate surface area is 107 Å². The first-order valence-corrected chi connectivity index (χ1v) is 5.45. The minimum Gasteiger partial charge on any atom is -0.409 e. The van der Waals surface area contributed by atoms with Gasteiger partial charge in [-0.15, -0.1) is 0 Å². The second kappa shape index (κ2) is 5.16. The van der Waals surface area contributed by atoms with Crippen LogP contribution in [0.3, 0.4) is 0 Å². The van der Waals surface area contributed by atoms with Crippen LogP contribution < -0.4 is 5.49 Å². The Hall–Kier alpha value is -1.59. The lowest BCUT2D eigenvalue weighted by Gasteiger charge is -2.06. The minimum absolute atomic E-state index is 0.151. The molecule has 1 N–H and O–H groups in total. The maximum Gasteiger partial charge on any atom is 0.212 e. The first-order chi connectivity index (χ1) is 8.19. The van der Waals surface area contributed by atoms with E-state index in [0.717, 1.165) is 5.56 Å². The van der Waals surface area contributed by atoms with Crippen molar-refractivity contribution in [2.45, 2.75) is 6.54 Å². The fourth-order valence-electron chi connectivity index (χ4n) is 1.29. The second-order valence-electron chi connectivity index (χ2n) is 3.28. The minimum atomic E-state index is 0.151. The zero-order valence-electron chi connectivity index (χ0n) is 8.59. The molecule has 0 saturated heterocycles. The molecule has 1 heterocycles. The summed E-state index contributed by atoms with van der Waals surface area (Å²) in [4.78, 5) is 3.85. The van der Waals surface area contributed by atoms with E-state index in [-0.39, 0.29) is 5.49 Å². The summed E-state index contributed by atoms with van der Waals surface area (Å²) in [6.07, 6.45) is 2.80. The lowest BCUT2D eigenvalue weighted by atomic mass is 10.2. The summed E-state index contributed by atoms with van der Waals surface area (Å²) >= 11 is 11.9. The Bertz CT molecular complexity index is 577. The number of nitrogens with zero attached hydrogens (tertiary/aromatic N) is 4. The van der Waals surface area contributed by atoms with Crippen molar-refractivity contribution < 1.29 is 5.21 Å². The van der Waals surface area contributed by atoms with Crippen molar-refractivity contribution in [3.63, 3.8) is 0 Å². The van der Waals surface area contributed by atoms with Crippen LogP contribution in [0.1, 0.15) is 5.56 Å². The Kier molecular flexibility index (Phi) is 3.61. The van der Waals surface area contributed by atoms with Gasteiger partial charge in [0.05, 0.1) is 12.7 Å². The van der Waals surface area contributed by atoms with Crippen LogP contribution in [0.4, 0.5) is 0 Å². The summed E-state index contributed by atoms with van der Waals surface area (Å²) in [6, 6.07) is 5.21. The molecule has 0 amide bonds. The van der Waals surface area contributed by atoms with Crippen molar-refractivity contribution in [3.8, 4) is 0 Å². The lowest BCUT2D eigenvalue weighted by molar-refractivity contribution is 0.297. The average molecular weight is 271 g/mol. The van der Waals surface area contributed by atoms with Gasteiger partial charge in [0.15, 0.2) is 0 Å². The maximum absolute atomic E-state index is 8.47. The predicted octanol–water partition coefficient (Wildman–Crippen LogP) is 1.92. The molecule has 2 rings (SSSR count). The summed E-state index contributed by atoms with van der Waals surface area (Å²) in [5.41, 5.74) is 0.991. The number of rotatable bonds is 2. The smallest absolute Gasteiger partial charge is 0.212 e. The molecule has 7 heteroatoms. The van der Waals surface area contributed by atoms with Gasteiger partial charge in [-0.3, -0.25) is 0 Å². The fourth-order valence-corrected chi connectivity index (χ4v) is 1.66. The maximum atomic E-state index is 8.47. The molecule has 1 aromatic heterocycles. The van der Waals surface area contributed by atoms with E-state index in [1.54, 1.807) is 22.9 Å². The molecule has 2 aromatic rings. The van der Waals surface area contributed by atoms with Crippen molar-refractivity contribution in [2.24, 2.45) is 5.16 Å². The summed E-state index contributed by atoms with van der Waals surface area (Å²) in [5.74, 6) is 0. The normalized spacial score (nSPS) is 11.8. The standard InChI is InChI=1S/C10H8Cl2N4O/c11-8-1-2-9(12)7(3-8)5-16-6-13-10(15-17)4-14-16/h1-4,6,17H,5H2/b15-10+. The van der Waals surface area contributed by atoms with Crippen LogP contribution in [0.25, 0.3) is 0 Å². The first-order valence-electron chi connectivity index (χ1n) is 4.70. The molecule has 1 aromatic carbocycles. The highest BCUT2D eigenvalue weighted by atomic mass is 35.5. The summed E-state index contributed by atoms with van der Waals surface area (Å²) in [5, 5.41) is 16.6. The second-order valence-corrected chi connectivity index (χ2v) is 4.12. The van der Waals surface area contributed by atoms with E-state index in [9.17, 15) is 0 Å². The molecule has 0 fully saturated rings. The molecule has 0 saturated carbocycles. The zero-order valence-corrected chi connectivity index (χ0v) is 10.1. The highest BCUT2D eigenvalue weighted by Crippen LogP contribution is 2.20. The third-order valence-electron chi connectivity index (χ3n) is 2.09. The molecule has 0 radical (unpaired) electrons. The molecular formula is C10H8Cl2N4O. The fraction of sp³-hybridized carbons (Fsp3) is 0.100. The van der Waals surface area contributed by atoms with E-state index in [2.05, 4.69) is 15.2 Å². The Morgan fingerprint density at radius 1 is 1.35 bits per heavy atom. The van der Waals surface area contributed by atoms with Crippen LogP contribution in [-0.4, -0.2) is 20.0 Å². The van der Waals surface area contributed by atoms with Crippen LogP contribution in [0, 0.1) is 0 Å². The first kappa shape index (κ1) is 11.9. The van der Waals surface area contributed by atoms with E-state index >= 15 is 0 Å². The Balaban J connectivity index is 2.28. The SMILES string of the molecule is O/N=c1\cnn(Cc2cc(Cl)ccc2Cl)cn1. The Morgan fingerprint density at radius 3 is 2.82 bits per heavy atom. The van der Waals surface area contributed by atoms with Gasteiger partial charge in [0.2, 0.25) is 5.49 Å². The molecule has 88 valence electrons. The van der Waals surface area contributed by atoms with Gasteiger partial charge in [0.1, 0.15) is 6.33 Å². The predicted molar refractivity (Wildman–Crippen MR) is 62.9 cm³/mol. The lowest BCUT2D eigenvalue weighted by Crippen LogP contribution is -2.15. The molecule has 0 atom stereocenters. The summed E-state index contributed by atoms with van der Waals surface area (Å²) in [6.45, 7) is 0.443. The monoisotopic (exact) mass is 270 g/mol. The van der Waals surface area contributed by atoms with E-state index in [1.165, 1.54) is 12.5 Å². The third-order valence-corrected chi connectivity index (χ3v) is 2.69. The molecule has 0 bridgehead atoms. The van der Waals surface area contributed by atoms with Crippen molar-refractivity contribution in [1.29, 1.82) is 0 Å². The van der Waals surface area contributed by atoms with Gasteiger partial charge in [-0.2, -0.15) is 5.10 Å². The van der Waals surface area contributed by atoms with Crippen LogP contribution in [0.2, 0.25) is 10.0 Å². The average Bonchev–Trinajstić information content (AvgIpc) is 2.35. The van der Waals surface area contributed by atoms with Crippen LogP contribution in [-0.2, 0) is 6.54 Å². The number of hydrogen-bond donors (Lipinski definition) is 1. The van der Waals surface area contributed by atoms with Crippen molar-refractivity contribution >= 4 is 23.2 Å². The molecule has 0 aliphatic carbocycles. The van der Waals surface area contributed by atoms with Crippen molar-refractivity contribution in [2.75, 3.05) is 0 Å². The van der Waals surface area contributed by atoms with E-state index in [4.69, 9.17) is 28.4 Å². The van der Waals surface area contributed by atoms with E-state index in [0.29, 0.717) is 16.6 Å². The topological polar surface area (TPSA) is 63.3 Å². The molecule has 0 unspecified atom stereocenters.